The third kappa shape index (κ3) is 5.29. The molecule has 0 atom stereocenters. The third-order valence-corrected chi connectivity index (χ3v) is 3.45. The summed E-state index contributed by atoms with van der Waals surface area (Å²) in [6.07, 6.45) is 5.15. The first-order valence-electron chi connectivity index (χ1n) is 7.88. The Labute approximate surface area is 137 Å². The summed E-state index contributed by atoms with van der Waals surface area (Å²) in [5.41, 5.74) is 2.01. The maximum absolute atomic E-state index is 12.3. The van der Waals surface area contributed by atoms with Crippen molar-refractivity contribution in [3.63, 3.8) is 0 Å². The molecule has 0 radical (unpaired) electrons. The van der Waals surface area contributed by atoms with Crippen LogP contribution in [0.4, 0.5) is 11.4 Å². The number of nitrogens with zero attached hydrogens (tertiary/aromatic N) is 1. The van der Waals surface area contributed by atoms with E-state index in [1.54, 1.807) is 43.6 Å². The maximum atomic E-state index is 12.3. The summed E-state index contributed by atoms with van der Waals surface area (Å²) in [5, 5.41) is 6.15. The predicted octanol–water partition coefficient (Wildman–Crippen LogP) is 3.94. The van der Waals surface area contributed by atoms with Crippen molar-refractivity contribution < 1.29 is 9.53 Å². The molecule has 0 aliphatic heterocycles. The van der Waals surface area contributed by atoms with Crippen LogP contribution in [0.15, 0.2) is 42.6 Å². The Morgan fingerprint density at radius 2 is 1.91 bits per heavy atom. The largest absolute Gasteiger partial charge is 0.497 e. The standard InChI is InChI=1S/C18H23N3O2/c1-3-4-5-11-19-15-10-12-20-17(13-15)18(22)21-14-6-8-16(23-2)9-7-14/h6-10,12-13H,3-5,11H2,1-2H3,(H,19,20)(H,21,22). The van der Waals surface area contributed by atoms with E-state index in [9.17, 15) is 4.79 Å². The van der Waals surface area contributed by atoms with Gasteiger partial charge in [-0.1, -0.05) is 19.8 Å². The van der Waals surface area contributed by atoms with Gasteiger partial charge in [0.05, 0.1) is 7.11 Å². The van der Waals surface area contributed by atoms with E-state index >= 15 is 0 Å². The molecule has 0 fully saturated rings. The van der Waals surface area contributed by atoms with E-state index in [1.165, 1.54) is 12.8 Å². The highest BCUT2D eigenvalue weighted by molar-refractivity contribution is 6.03. The summed E-state index contributed by atoms with van der Waals surface area (Å²) in [4.78, 5) is 16.4. The fourth-order valence-corrected chi connectivity index (χ4v) is 2.14. The van der Waals surface area contributed by atoms with Gasteiger partial charge in [0.2, 0.25) is 0 Å². The summed E-state index contributed by atoms with van der Waals surface area (Å²) in [6, 6.07) is 10.8. The first kappa shape index (κ1) is 16.8. The number of rotatable bonds is 8. The van der Waals surface area contributed by atoms with Crippen molar-refractivity contribution in [3.05, 3.63) is 48.3 Å². The second-order valence-electron chi connectivity index (χ2n) is 5.25. The summed E-state index contributed by atoms with van der Waals surface area (Å²) < 4.78 is 5.10. The Bertz CT molecular complexity index is 626. The molecule has 0 unspecified atom stereocenters. The van der Waals surface area contributed by atoms with Crippen LogP contribution < -0.4 is 15.4 Å². The number of methoxy groups -OCH3 is 1. The lowest BCUT2D eigenvalue weighted by Crippen LogP contribution is -2.14. The van der Waals surface area contributed by atoms with Crippen LogP contribution in [0.3, 0.4) is 0 Å². The molecule has 1 aromatic carbocycles. The van der Waals surface area contributed by atoms with E-state index in [4.69, 9.17) is 4.74 Å². The van der Waals surface area contributed by atoms with Gasteiger partial charge in [-0.05, 0) is 42.8 Å². The molecular formula is C18H23N3O2. The molecule has 0 spiro atoms. The number of pyridine rings is 1. The number of nitrogens with one attached hydrogen (secondary N) is 2. The first-order valence-corrected chi connectivity index (χ1v) is 7.88. The molecule has 0 saturated heterocycles. The first-order chi connectivity index (χ1) is 11.2. The number of hydrogen-bond acceptors (Lipinski definition) is 4. The van der Waals surface area contributed by atoms with E-state index in [0.717, 1.165) is 24.4 Å². The fourth-order valence-electron chi connectivity index (χ4n) is 2.14. The molecule has 5 heteroatoms. The lowest BCUT2D eigenvalue weighted by Gasteiger charge is -2.09. The molecule has 0 aliphatic carbocycles. The number of carbonyl (C=O) groups is 1. The normalized spacial score (nSPS) is 10.2. The summed E-state index contributed by atoms with van der Waals surface area (Å²) in [6.45, 7) is 3.07. The third-order valence-electron chi connectivity index (χ3n) is 3.45. The van der Waals surface area contributed by atoms with Crippen molar-refractivity contribution in [2.75, 3.05) is 24.3 Å². The van der Waals surface area contributed by atoms with Gasteiger partial charge in [0.1, 0.15) is 11.4 Å². The Morgan fingerprint density at radius 3 is 2.61 bits per heavy atom. The summed E-state index contributed by atoms with van der Waals surface area (Å²) in [7, 11) is 1.61. The smallest absolute Gasteiger partial charge is 0.274 e. The fraction of sp³-hybridized carbons (Fsp3) is 0.333. The van der Waals surface area contributed by atoms with Crippen LogP contribution in [0.2, 0.25) is 0 Å². The topological polar surface area (TPSA) is 63.2 Å². The van der Waals surface area contributed by atoms with E-state index in [1.807, 2.05) is 6.07 Å². The molecule has 0 bridgehead atoms. The molecule has 0 saturated carbocycles. The minimum atomic E-state index is -0.229. The molecule has 122 valence electrons. The molecule has 5 nitrogen and oxygen atoms in total. The van der Waals surface area contributed by atoms with Gasteiger partial charge in [-0.3, -0.25) is 9.78 Å². The molecule has 1 aromatic heterocycles. The van der Waals surface area contributed by atoms with Gasteiger partial charge in [0.15, 0.2) is 0 Å². The van der Waals surface area contributed by atoms with Gasteiger partial charge in [-0.15, -0.1) is 0 Å². The van der Waals surface area contributed by atoms with E-state index in [0.29, 0.717) is 11.4 Å². The molecule has 23 heavy (non-hydrogen) atoms. The SMILES string of the molecule is CCCCCNc1ccnc(C(=O)Nc2ccc(OC)cc2)c1. The Kier molecular flexibility index (Phi) is 6.41. The molecule has 1 heterocycles. The number of unbranched alkanes of at least 4 members (excludes halogenated alkanes) is 2. The number of aromatic nitrogens is 1. The van der Waals surface area contributed by atoms with Crippen LogP contribution in [0.25, 0.3) is 0 Å². The zero-order chi connectivity index (χ0) is 16.5. The van der Waals surface area contributed by atoms with Crippen LogP contribution in [-0.4, -0.2) is 24.5 Å². The van der Waals surface area contributed by atoms with Crippen LogP contribution in [0.5, 0.6) is 5.75 Å². The van der Waals surface area contributed by atoms with Gasteiger partial charge in [0, 0.05) is 24.1 Å². The Morgan fingerprint density at radius 1 is 1.13 bits per heavy atom. The van der Waals surface area contributed by atoms with Crippen molar-refractivity contribution in [1.29, 1.82) is 0 Å². The molecule has 0 aliphatic rings. The summed E-state index contributed by atoms with van der Waals surface area (Å²) in [5.74, 6) is 0.520. The second-order valence-corrected chi connectivity index (χ2v) is 5.25. The monoisotopic (exact) mass is 313 g/mol. The second kappa shape index (κ2) is 8.78. The average Bonchev–Trinajstić information content (AvgIpc) is 2.60. The van der Waals surface area contributed by atoms with Gasteiger partial charge >= 0.3 is 0 Å². The molecule has 1 amide bonds. The average molecular weight is 313 g/mol. The highest BCUT2D eigenvalue weighted by atomic mass is 16.5. The Hall–Kier alpha value is -2.56. The highest BCUT2D eigenvalue weighted by Crippen LogP contribution is 2.16. The maximum Gasteiger partial charge on any atom is 0.274 e. The minimum Gasteiger partial charge on any atom is -0.497 e. The van der Waals surface area contributed by atoms with Gasteiger partial charge in [-0.2, -0.15) is 0 Å². The summed E-state index contributed by atoms with van der Waals surface area (Å²) >= 11 is 0. The van der Waals surface area contributed by atoms with Crippen LogP contribution in [0, 0.1) is 0 Å². The van der Waals surface area contributed by atoms with Crippen LogP contribution in [0.1, 0.15) is 36.7 Å². The van der Waals surface area contributed by atoms with Gasteiger partial charge in [0.25, 0.3) is 5.91 Å². The number of amides is 1. The van der Waals surface area contributed by atoms with Crippen LogP contribution in [-0.2, 0) is 0 Å². The van der Waals surface area contributed by atoms with Crippen molar-refractivity contribution >= 4 is 17.3 Å². The predicted molar refractivity (Wildman–Crippen MR) is 93.2 cm³/mol. The van der Waals surface area contributed by atoms with E-state index in [2.05, 4.69) is 22.5 Å². The van der Waals surface area contributed by atoms with Gasteiger partial charge < -0.3 is 15.4 Å². The number of carbonyl (C=O) groups excluding carboxylic acids is 1. The molecule has 2 N–H and O–H groups in total. The van der Waals surface area contributed by atoms with E-state index < -0.39 is 0 Å². The van der Waals surface area contributed by atoms with Crippen molar-refractivity contribution in [2.45, 2.75) is 26.2 Å². The number of benzene rings is 1. The number of anilines is 2. The molecule has 2 rings (SSSR count). The molecular weight excluding hydrogens is 290 g/mol. The highest BCUT2D eigenvalue weighted by Gasteiger charge is 2.08. The number of ether oxygens (including phenoxy) is 1. The van der Waals surface area contributed by atoms with E-state index in [-0.39, 0.29) is 5.91 Å². The minimum absolute atomic E-state index is 0.229. The quantitative estimate of drug-likeness (QED) is 0.724. The zero-order valence-corrected chi connectivity index (χ0v) is 13.6. The lowest BCUT2D eigenvalue weighted by molar-refractivity contribution is 0.102. The number of hydrogen-bond donors (Lipinski definition) is 2. The zero-order valence-electron chi connectivity index (χ0n) is 13.6. The van der Waals surface area contributed by atoms with Crippen molar-refractivity contribution in [3.8, 4) is 5.75 Å². The van der Waals surface area contributed by atoms with Crippen LogP contribution >= 0.6 is 0 Å². The van der Waals surface area contributed by atoms with Gasteiger partial charge in [-0.25, -0.2) is 0 Å². The molecule has 2 aromatic rings. The Balaban J connectivity index is 1.95. The van der Waals surface area contributed by atoms with Crippen molar-refractivity contribution in [2.24, 2.45) is 0 Å². The van der Waals surface area contributed by atoms with Crippen molar-refractivity contribution in [1.82, 2.24) is 4.98 Å². The lowest BCUT2D eigenvalue weighted by atomic mass is 10.2.